The van der Waals surface area contributed by atoms with Gasteiger partial charge in [0, 0.05) is 6.92 Å². The second kappa shape index (κ2) is 10.1. The maximum atomic E-state index is 13.4. The number of aliphatic hydroxyl groups excluding tert-OH is 1. The first kappa shape index (κ1) is 24.8. The Morgan fingerprint density at radius 1 is 1.23 bits per heavy atom. The molecule has 35 heavy (non-hydrogen) atoms. The van der Waals surface area contributed by atoms with Crippen molar-refractivity contribution in [3.05, 3.63) is 74.1 Å². The van der Waals surface area contributed by atoms with E-state index in [0.717, 1.165) is 17.8 Å². The molecular weight excluding hydrogens is 484 g/mol. The molecule has 3 heterocycles. The summed E-state index contributed by atoms with van der Waals surface area (Å²) in [6.07, 6.45) is 0.882. The SMILES string of the molecule is CC(=O)c1sc(N2C(=O)C(O)=C(C(=O)c3cccs3)C2c2cccc(OCCC(C)C)c2)nc1C. The van der Waals surface area contributed by atoms with E-state index in [2.05, 4.69) is 18.8 Å². The van der Waals surface area contributed by atoms with Crippen LogP contribution in [0.4, 0.5) is 5.13 Å². The van der Waals surface area contributed by atoms with Crippen molar-refractivity contribution in [3.63, 3.8) is 0 Å². The third-order valence-electron chi connectivity index (χ3n) is 5.65. The predicted molar refractivity (Wildman–Crippen MR) is 137 cm³/mol. The van der Waals surface area contributed by atoms with Gasteiger partial charge in [0.1, 0.15) is 5.75 Å². The fraction of sp³-hybridized carbons (Fsp3) is 0.308. The number of aliphatic hydroxyl groups is 1. The maximum Gasteiger partial charge on any atom is 0.296 e. The summed E-state index contributed by atoms with van der Waals surface area (Å²) in [6, 6.07) is 9.65. The van der Waals surface area contributed by atoms with Crippen molar-refractivity contribution in [1.29, 1.82) is 0 Å². The molecule has 1 N–H and O–H groups in total. The number of amides is 1. The Morgan fingerprint density at radius 2 is 2.00 bits per heavy atom. The number of Topliss-reactive ketones (excluding diaryl/α,β-unsaturated/α-hetero) is 2. The molecule has 0 aliphatic carbocycles. The van der Waals surface area contributed by atoms with E-state index >= 15 is 0 Å². The number of aromatic nitrogens is 1. The quantitative estimate of drug-likeness (QED) is 0.359. The number of aryl methyl sites for hydroxylation is 1. The molecule has 182 valence electrons. The lowest BCUT2D eigenvalue weighted by atomic mass is 9.95. The number of thiophene rings is 1. The molecule has 7 nitrogen and oxygen atoms in total. The van der Waals surface area contributed by atoms with Crippen molar-refractivity contribution in [2.24, 2.45) is 5.92 Å². The molecule has 2 aromatic heterocycles. The summed E-state index contributed by atoms with van der Waals surface area (Å²) in [5, 5.41) is 12.9. The first-order valence-electron chi connectivity index (χ1n) is 11.2. The zero-order valence-electron chi connectivity index (χ0n) is 19.9. The van der Waals surface area contributed by atoms with E-state index in [1.807, 2.05) is 6.07 Å². The van der Waals surface area contributed by atoms with Crippen LogP contribution in [-0.4, -0.2) is 34.2 Å². The summed E-state index contributed by atoms with van der Waals surface area (Å²) in [5.74, 6) is -0.850. The van der Waals surface area contributed by atoms with Gasteiger partial charge in [0.15, 0.2) is 16.7 Å². The summed E-state index contributed by atoms with van der Waals surface area (Å²) in [4.78, 5) is 45.4. The van der Waals surface area contributed by atoms with Gasteiger partial charge in [0.05, 0.1) is 33.7 Å². The van der Waals surface area contributed by atoms with Crippen LogP contribution in [0.1, 0.15) is 63.8 Å². The van der Waals surface area contributed by atoms with Crippen LogP contribution in [0, 0.1) is 12.8 Å². The van der Waals surface area contributed by atoms with Crippen LogP contribution in [0.2, 0.25) is 0 Å². The van der Waals surface area contributed by atoms with Crippen LogP contribution >= 0.6 is 22.7 Å². The van der Waals surface area contributed by atoms with E-state index < -0.39 is 23.5 Å². The van der Waals surface area contributed by atoms with Crippen molar-refractivity contribution in [2.45, 2.75) is 40.2 Å². The number of nitrogens with zero attached hydrogens (tertiary/aromatic N) is 2. The Bertz CT molecular complexity index is 1310. The molecule has 0 saturated carbocycles. The lowest BCUT2D eigenvalue weighted by Gasteiger charge is -2.25. The number of ether oxygens (including phenoxy) is 1. The fourth-order valence-electron chi connectivity index (χ4n) is 3.89. The summed E-state index contributed by atoms with van der Waals surface area (Å²) < 4.78 is 5.91. The highest BCUT2D eigenvalue weighted by atomic mass is 32.1. The van der Waals surface area contributed by atoms with Gasteiger partial charge in [0.25, 0.3) is 5.91 Å². The number of carbonyl (C=O) groups is 3. The molecule has 1 atom stereocenters. The minimum Gasteiger partial charge on any atom is -0.503 e. The highest BCUT2D eigenvalue weighted by Gasteiger charge is 2.46. The van der Waals surface area contributed by atoms with Crippen LogP contribution in [0.25, 0.3) is 0 Å². The van der Waals surface area contributed by atoms with Crippen LogP contribution in [0.15, 0.2) is 53.1 Å². The number of hydrogen-bond donors (Lipinski definition) is 1. The summed E-state index contributed by atoms with van der Waals surface area (Å²) in [6.45, 7) is 7.89. The van der Waals surface area contributed by atoms with Gasteiger partial charge in [-0.05, 0) is 48.4 Å². The van der Waals surface area contributed by atoms with E-state index in [9.17, 15) is 19.5 Å². The number of ketones is 2. The van der Waals surface area contributed by atoms with Gasteiger partial charge in [-0.2, -0.15) is 0 Å². The maximum absolute atomic E-state index is 13.4. The summed E-state index contributed by atoms with van der Waals surface area (Å²) in [7, 11) is 0. The van der Waals surface area contributed by atoms with Gasteiger partial charge in [-0.15, -0.1) is 11.3 Å². The fourth-order valence-corrected chi connectivity index (χ4v) is 5.56. The van der Waals surface area contributed by atoms with Gasteiger partial charge >= 0.3 is 0 Å². The van der Waals surface area contributed by atoms with Gasteiger partial charge in [-0.25, -0.2) is 4.98 Å². The Labute approximate surface area is 211 Å². The third kappa shape index (κ3) is 4.92. The molecular formula is C26H26N2O5S2. The smallest absolute Gasteiger partial charge is 0.296 e. The topological polar surface area (TPSA) is 96.8 Å². The van der Waals surface area contributed by atoms with Crippen molar-refractivity contribution in [3.8, 4) is 5.75 Å². The lowest BCUT2D eigenvalue weighted by Crippen LogP contribution is -2.31. The van der Waals surface area contributed by atoms with Crippen LogP contribution < -0.4 is 9.64 Å². The summed E-state index contributed by atoms with van der Waals surface area (Å²) >= 11 is 2.30. The van der Waals surface area contributed by atoms with Gasteiger partial charge in [0.2, 0.25) is 5.78 Å². The minimum absolute atomic E-state index is 0.0194. The second-order valence-electron chi connectivity index (χ2n) is 8.72. The molecule has 9 heteroatoms. The first-order chi connectivity index (χ1) is 16.7. The third-order valence-corrected chi connectivity index (χ3v) is 7.77. The van der Waals surface area contributed by atoms with Crippen LogP contribution in [-0.2, 0) is 4.79 Å². The van der Waals surface area contributed by atoms with Crippen molar-refractivity contribution in [2.75, 3.05) is 11.5 Å². The highest BCUT2D eigenvalue weighted by Crippen LogP contribution is 2.44. The van der Waals surface area contributed by atoms with E-state index in [1.54, 1.807) is 42.6 Å². The van der Waals surface area contributed by atoms with E-state index in [1.165, 1.54) is 23.2 Å². The van der Waals surface area contributed by atoms with E-state index in [0.29, 0.717) is 39.3 Å². The van der Waals surface area contributed by atoms with Crippen molar-refractivity contribution in [1.82, 2.24) is 4.98 Å². The average Bonchev–Trinajstić information content (AvgIpc) is 3.53. The standard InChI is InChI=1S/C26H26N2O5S2/c1-14(2)10-11-33-18-8-5-7-17(13-18)21-20(22(30)19-9-6-12-34-19)23(31)25(32)28(21)26-27-15(3)24(35-26)16(4)29/h5-9,12-14,21,31H,10-11H2,1-4H3. The zero-order chi connectivity index (χ0) is 25.3. The molecule has 1 aliphatic heterocycles. The van der Waals surface area contributed by atoms with Gasteiger partial charge in [-0.3, -0.25) is 19.3 Å². The van der Waals surface area contributed by atoms with E-state index in [4.69, 9.17) is 4.74 Å². The number of anilines is 1. The molecule has 0 radical (unpaired) electrons. The largest absolute Gasteiger partial charge is 0.503 e. The molecule has 1 aromatic carbocycles. The lowest BCUT2D eigenvalue weighted by molar-refractivity contribution is -0.117. The second-order valence-corrected chi connectivity index (χ2v) is 10.6. The average molecular weight is 511 g/mol. The Hall–Kier alpha value is -3.30. The molecule has 1 unspecified atom stereocenters. The minimum atomic E-state index is -0.920. The number of rotatable bonds is 9. The Morgan fingerprint density at radius 3 is 2.63 bits per heavy atom. The Balaban J connectivity index is 1.81. The van der Waals surface area contributed by atoms with Crippen LogP contribution in [0.3, 0.4) is 0 Å². The predicted octanol–water partition coefficient (Wildman–Crippen LogP) is 5.92. The Kier molecular flexibility index (Phi) is 7.18. The van der Waals surface area contributed by atoms with Crippen LogP contribution in [0.5, 0.6) is 5.75 Å². The summed E-state index contributed by atoms with van der Waals surface area (Å²) in [5.41, 5.74) is 1.07. The van der Waals surface area contributed by atoms with Crippen molar-refractivity contribution >= 4 is 45.3 Å². The molecule has 1 aliphatic rings. The molecule has 0 spiro atoms. The number of benzene rings is 1. The molecule has 0 saturated heterocycles. The van der Waals surface area contributed by atoms with Crippen molar-refractivity contribution < 1.29 is 24.2 Å². The highest BCUT2D eigenvalue weighted by molar-refractivity contribution is 7.17. The number of carbonyl (C=O) groups excluding carboxylic acids is 3. The van der Waals surface area contributed by atoms with Gasteiger partial charge < -0.3 is 9.84 Å². The molecule has 1 amide bonds. The monoisotopic (exact) mass is 510 g/mol. The molecule has 0 bridgehead atoms. The molecule has 4 rings (SSSR count). The number of hydrogen-bond acceptors (Lipinski definition) is 8. The number of thiazole rings is 1. The first-order valence-corrected chi connectivity index (χ1v) is 12.9. The zero-order valence-corrected chi connectivity index (χ0v) is 21.5. The molecule has 0 fully saturated rings. The molecule has 3 aromatic rings. The normalized spacial score (nSPS) is 15.9. The van der Waals surface area contributed by atoms with E-state index in [-0.39, 0.29) is 16.5 Å². The van der Waals surface area contributed by atoms with Gasteiger partial charge in [-0.1, -0.05) is 43.4 Å².